The fourth-order valence-electron chi connectivity index (χ4n) is 2.57. The zero-order valence-corrected chi connectivity index (χ0v) is 12.7. The molecule has 0 spiro atoms. The van der Waals surface area contributed by atoms with Crippen LogP contribution in [0.15, 0.2) is 57.9 Å². The number of carbonyl (C=O) groups is 1. The Morgan fingerprint density at radius 2 is 2.04 bits per heavy atom. The van der Waals surface area contributed by atoms with Gasteiger partial charge in [0, 0.05) is 17.9 Å². The summed E-state index contributed by atoms with van der Waals surface area (Å²) in [5.74, 6) is 0.523. The van der Waals surface area contributed by atoms with E-state index in [1.807, 2.05) is 24.3 Å². The van der Waals surface area contributed by atoms with Crippen LogP contribution in [0.1, 0.15) is 24.5 Å². The third-order valence-electron chi connectivity index (χ3n) is 3.61. The van der Waals surface area contributed by atoms with Gasteiger partial charge in [-0.15, -0.1) is 0 Å². The molecule has 0 radical (unpaired) electrons. The first kappa shape index (κ1) is 14.5. The second-order valence-corrected chi connectivity index (χ2v) is 5.35. The van der Waals surface area contributed by atoms with Crippen LogP contribution in [0.4, 0.5) is 5.69 Å². The average Bonchev–Trinajstić information content (AvgIpc) is 2.99. The highest BCUT2D eigenvalue weighted by molar-refractivity contribution is 5.98. The fraction of sp³-hybridized carbons (Fsp3) is 0.111. The number of aliphatic imine (C=N–C) groups is 1. The zero-order valence-electron chi connectivity index (χ0n) is 12.7. The van der Waals surface area contributed by atoms with Crippen LogP contribution in [0.5, 0.6) is 5.75 Å². The standard InChI is InChI=1S/C18H13NO5/c1-10(20)22-12-6-7-14-13(9-12)18(21)24-17(19-14)16-8-11-4-2-3-5-15(11)23-16/h2-9,18,21H,1H3. The summed E-state index contributed by atoms with van der Waals surface area (Å²) in [6.45, 7) is 1.31. The van der Waals surface area contributed by atoms with Gasteiger partial charge in [0.05, 0.1) is 5.69 Å². The fourth-order valence-corrected chi connectivity index (χ4v) is 2.57. The van der Waals surface area contributed by atoms with Crippen molar-refractivity contribution in [1.82, 2.24) is 0 Å². The summed E-state index contributed by atoms with van der Waals surface area (Å²) in [7, 11) is 0. The molecule has 1 aromatic heterocycles. The van der Waals surface area contributed by atoms with E-state index in [0.717, 1.165) is 5.39 Å². The van der Waals surface area contributed by atoms with E-state index in [4.69, 9.17) is 13.9 Å². The number of para-hydroxylation sites is 1. The Kier molecular flexibility index (Phi) is 3.32. The van der Waals surface area contributed by atoms with Crippen LogP contribution in [0.3, 0.4) is 0 Å². The van der Waals surface area contributed by atoms with Crippen LogP contribution in [-0.2, 0) is 9.53 Å². The molecule has 1 atom stereocenters. The molecule has 0 amide bonds. The van der Waals surface area contributed by atoms with Gasteiger partial charge in [0.2, 0.25) is 6.29 Å². The Morgan fingerprint density at radius 3 is 2.83 bits per heavy atom. The van der Waals surface area contributed by atoms with Crippen molar-refractivity contribution in [3.63, 3.8) is 0 Å². The molecule has 2 heterocycles. The number of carbonyl (C=O) groups excluding carboxylic acids is 1. The monoisotopic (exact) mass is 323 g/mol. The molecule has 0 bridgehead atoms. The average molecular weight is 323 g/mol. The van der Waals surface area contributed by atoms with E-state index in [2.05, 4.69) is 4.99 Å². The molecule has 6 heteroatoms. The number of rotatable bonds is 2. The van der Waals surface area contributed by atoms with Crippen molar-refractivity contribution in [1.29, 1.82) is 0 Å². The first-order valence-electron chi connectivity index (χ1n) is 7.35. The number of benzene rings is 2. The highest BCUT2D eigenvalue weighted by Crippen LogP contribution is 2.36. The molecule has 1 unspecified atom stereocenters. The molecule has 2 aromatic carbocycles. The quantitative estimate of drug-likeness (QED) is 0.577. The van der Waals surface area contributed by atoms with E-state index in [0.29, 0.717) is 28.3 Å². The Morgan fingerprint density at radius 1 is 1.21 bits per heavy atom. The first-order chi connectivity index (χ1) is 11.6. The van der Waals surface area contributed by atoms with Crippen LogP contribution in [-0.4, -0.2) is 17.0 Å². The lowest BCUT2D eigenvalue weighted by molar-refractivity contribution is -0.131. The van der Waals surface area contributed by atoms with Crippen molar-refractivity contribution in [2.45, 2.75) is 13.2 Å². The van der Waals surface area contributed by atoms with E-state index in [-0.39, 0.29) is 5.90 Å². The number of aliphatic hydroxyl groups excluding tert-OH is 1. The number of aliphatic hydroxyl groups is 1. The summed E-state index contributed by atoms with van der Waals surface area (Å²) in [6, 6.07) is 14.1. The van der Waals surface area contributed by atoms with E-state index >= 15 is 0 Å². The minimum atomic E-state index is -1.23. The van der Waals surface area contributed by atoms with Gasteiger partial charge in [-0.1, -0.05) is 18.2 Å². The molecule has 4 rings (SSSR count). The van der Waals surface area contributed by atoms with Crippen molar-refractivity contribution in [2.24, 2.45) is 4.99 Å². The first-order valence-corrected chi connectivity index (χ1v) is 7.35. The molecule has 24 heavy (non-hydrogen) atoms. The lowest BCUT2D eigenvalue weighted by Crippen LogP contribution is -2.16. The molecule has 1 aliphatic heterocycles. The number of hydrogen-bond acceptors (Lipinski definition) is 6. The van der Waals surface area contributed by atoms with Gasteiger partial charge in [0.15, 0.2) is 5.76 Å². The Bertz CT molecular complexity index is 939. The normalized spacial score (nSPS) is 16.2. The molecule has 0 saturated carbocycles. The SMILES string of the molecule is CC(=O)Oc1ccc2c(c1)C(O)OC(c1cc3ccccc3o1)=N2. The van der Waals surface area contributed by atoms with Crippen molar-refractivity contribution in [3.8, 4) is 5.75 Å². The molecular formula is C18H13NO5. The van der Waals surface area contributed by atoms with Gasteiger partial charge in [-0.25, -0.2) is 4.99 Å². The maximum Gasteiger partial charge on any atom is 0.308 e. The summed E-state index contributed by atoms with van der Waals surface area (Å²) in [6.07, 6.45) is -1.23. The van der Waals surface area contributed by atoms with Crippen LogP contribution < -0.4 is 4.74 Å². The van der Waals surface area contributed by atoms with Gasteiger partial charge in [-0.3, -0.25) is 4.79 Å². The Balaban J connectivity index is 1.74. The van der Waals surface area contributed by atoms with Crippen LogP contribution in [0.2, 0.25) is 0 Å². The smallest absolute Gasteiger partial charge is 0.308 e. The summed E-state index contributed by atoms with van der Waals surface area (Å²) in [5.41, 5.74) is 1.66. The second-order valence-electron chi connectivity index (χ2n) is 5.35. The molecule has 1 N–H and O–H groups in total. The maximum atomic E-state index is 11.0. The number of esters is 1. The van der Waals surface area contributed by atoms with Gasteiger partial charge < -0.3 is 19.0 Å². The maximum absolute atomic E-state index is 11.0. The number of hydrogen-bond donors (Lipinski definition) is 1. The van der Waals surface area contributed by atoms with Crippen molar-refractivity contribution >= 4 is 28.5 Å². The summed E-state index contributed by atoms with van der Waals surface area (Å²) in [5, 5.41) is 11.2. The highest BCUT2D eigenvalue weighted by atomic mass is 16.6. The van der Waals surface area contributed by atoms with Gasteiger partial charge in [0.1, 0.15) is 11.3 Å². The molecule has 0 saturated heterocycles. The van der Waals surface area contributed by atoms with Crippen LogP contribution in [0.25, 0.3) is 11.0 Å². The van der Waals surface area contributed by atoms with Crippen LogP contribution in [0, 0.1) is 0 Å². The van der Waals surface area contributed by atoms with Gasteiger partial charge in [-0.05, 0) is 30.3 Å². The molecule has 120 valence electrons. The minimum absolute atomic E-state index is 0.200. The van der Waals surface area contributed by atoms with E-state index in [1.54, 1.807) is 18.2 Å². The Labute approximate surface area is 136 Å². The molecule has 0 aliphatic carbocycles. The third kappa shape index (κ3) is 2.53. The van der Waals surface area contributed by atoms with Gasteiger partial charge in [0.25, 0.3) is 5.90 Å². The summed E-state index contributed by atoms with van der Waals surface area (Å²) in [4.78, 5) is 15.4. The van der Waals surface area contributed by atoms with Crippen LogP contribution >= 0.6 is 0 Å². The van der Waals surface area contributed by atoms with E-state index in [1.165, 1.54) is 13.0 Å². The third-order valence-corrected chi connectivity index (χ3v) is 3.61. The predicted molar refractivity (Wildman–Crippen MR) is 86.2 cm³/mol. The minimum Gasteiger partial charge on any atom is -0.451 e. The van der Waals surface area contributed by atoms with Crippen molar-refractivity contribution < 1.29 is 23.8 Å². The predicted octanol–water partition coefficient (Wildman–Crippen LogP) is 3.46. The lowest BCUT2D eigenvalue weighted by Gasteiger charge is -2.21. The second kappa shape index (κ2) is 5.50. The molecule has 0 fully saturated rings. The number of furan rings is 1. The summed E-state index contributed by atoms with van der Waals surface area (Å²) >= 11 is 0. The van der Waals surface area contributed by atoms with E-state index in [9.17, 15) is 9.90 Å². The lowest BCUT2D eigenvalue weighted by atomic mass is 10.1. The molecule has 3 aromatic rings. The van der Waals surface area contributed by atoms with Gasteiger partial charge >= 0.3 is 5.97 Å². The Hall–Kier alpha value is -3.12. The molecule has 1 aliphatic rings. The number of ether oxygens (including phenoxy) is 2. The van der Waals surface area contributed by atoms with E-state index < -0.39 is 12.3 Å². The number of fused-ring (bicyclic) bond motifs is 2. The molecular weight excluding hydrogens is 310 g/mol. The molecule has 6 nitrogen and oxygen atoms in total. The van der Waals surface area contributed by atoms with Crippen molar-refractivity contribution in [3.05, 3.63) is 59.9 Å². The highest BCUT2D eigenvalue weighted by Gasteiger charge is 2.25. The van der Waals surface area contributed by atoms with Gasteiger partial charge in [-0.2, -0.15) is 0 Å². The topological polar surface area (TPSA) is 81.3 Å². The van der Waals surface area contributed by atoms with Crippen molar-refractivity contribution in [2.75, 3.05) is 0 Å². The largest absolute Gasteiger partial charge is 0.451 e. The number of nitrogens with zero attached hydrogens (tertiary/aromatic N) is 1. The summed E-state index contributed by atoms with van der Waals surface area (Å²) < 4.78 is 16.2. The zero-order chi connectivity index (χ0) is 16.7.